The lowest BCUT2D eigenvalue weighted by atomic mass is 10.1. The Labute approximate surface area is 112 Å². The fraction of sp³-hybridized carbons (Fsp3) is 0.467. The number of amides is 1. The molecule has 1 aromatic carbocycles. The molecule has 1 saturated carbocycles. The molecule has 0 saturated heterocycles. The zero-order valence-corrected chi connectivity index (χ0v) is 11.1. The molecule has 0 spiro atoms. The average Bonchev–Trinajstić information content (AvgIpc) is 2.85. The lowest BCUT2D eigenvalue weighted by molar-refractivity contribution is -0.140. The number of aliphatic carboxylic acids is 1. The number of hydrogen-bond donors (Lipinski definition) is 1. The quantitative estimate of drug-likeness (QED) is 0.884. The van der Waals surface area contributed by atoms with Gasteiger partial charge in [0, 0.05) is 18.0 Å². The van der Waals surface area contributed by atoms with Crippen molar-refractivity contribution in [3.8, 4) is 0 Å². The number of para-hydroxylation sites is 1. The summed E-state index contributed by atoms with van der Waals surface area (Å²) in [6.07, 6.45) is 1.25. The second-order valence-electron chi connectivity index (χ2n) is 6.14. The van der Waals surface area contributed by atoms with Crippen LogP contribution >= 0.6 is 0 Å². The number of hydrogen-bond acceptors (Lipinski definition) is 2. The molecule has 4 heteroatoms. The smallest absolute Gasteiger partial charge is 0.327 e. The number of carbonyl (C=O) groups excluding carboxylic acids is 1. The molecular formula is C15H17NO3. The molecule has 1 aromatic rings. The Morgan fingerprint density at radius 1 is 1.32 bits per heavy atom. The summed E-state index contributed by atoms with van der Waals surface area (Å²) in [7, 11) is 0. The Bertz CT molecular complexity index is 564. The molecule has 1 heterocycles. The maximum absolute atomic E-state index is 12.6. The molecule has 0 aromatic heterocycles. The van der Waals surface area contributed by atoms with Crippen LogP contribution in [-0.4, -0.2) is 23.0 Å². The Morgan fingerprint density at radius 2 is 1.95 bits per heavy atom. The molecule has 1 unspecified atom stereocenters. The van der Waals surface area contributed by atoms with Gasteiger partial charge in [-0.25, -0.2) is 4.79 Å². The fourth-order valence-corrected chi connectivity index (χ4v) is 2.91. The van der Waals surface area contributed by atoms with Crippen LogP contribution < -0.4 is 4.90 Å². The first-order valence-electron chi connectivity index (χ1n) is 6.55. The van der Waals surface area contributed by atoms with Crippen LogP contribution in [0.3, 0.4) is 0 Å². The number of rotatable bonds is 2. The minimum absolute atomic E-state index is 0.0116. The van der Waals surface area contributed by atoms with Crippen LogP contribution in [0.4, 0.5) is 5.69 Å². The maximum atomic E-state index is 12.6. The van der Waals surface area contributed by atoms with E-state index in [4.69, 9.17) is 0 Å². The van der Waals surface area contributed by atoms with Gasteiger partial charge < -0.3 is 5.11 Å². The minimum atomic E-state index is -0.928. The van der Waals surface area contributed by atoms with Crippen LogP contribution in [-0.2, 0) is 16.0 Å². The monoisotopic (exact) mass is 259 g/mol. The van der Waals surface area contributed by atoms with Crippen molar-refractivity contribution < 1.29 is 14.7 Å². The lowest BCUT2D eigenvalue weighted by Gasteiger charge is -2.23. The highest BCUT2D eigenvalue weighted by molar-refractivity contribution is 6.04. The zero-order chi connectivity index (χ0) is 13.8. The predicted octanol–water partition coefficient (Wildman–Crippen LogP) is 2.08. The summed E-state index contributed by atoms with van der Waals surface area (Å²) in [4.78, 5) is 25.5. The topological polar surface area (TPSA) is 57.6 Å². The van der Waals surface area contributed by atoms with Gasteiger partial charge in [0.05, 0.1) is 0 Å². The number of carboxylic acid groups (broad SMARTS) is 1. The molecule has 1 N–H and O–H groups in total. The van der Waals surface area contributed by atoms with E-state index in [0.29, 0.717) is 6.42 Å². The molecule has 0 radical (unpaired) electrons. The van der Waals surface area contributed by atoms with E-state index in [1.807, 2.05) is 38.1 Å². The number of carbonyl (C=O) groups is 2. The van der Waals surface area contributed by atoms with Crippen LogP contribution in [0.15, 0.2) is 24.3 Å². The minimum Gasteiger partial charge on any atom is -0.480 e. The first-order valence-corrected chi connectivity index (χ1v) is 6.55. The largest absolute Gasteiger partial charge is 0.480 e. The van der Waals surface area contributed by atoms with E-state index in [1.165, 1.54) is 4.90 Å². The van der Waals surface area contributed by atoms with Crippen LogP contribution in [0.5, 0.6) is 0 Å². The van der Waals surface area contributed by atoms with Gasteiger partial charge in [-0.05, 0) is 23.5 Å². The fourth-order valence-electron chi connectivity index (χ4n) is 2.91. The van der Waals surface area contributed by atoms with E-state index in [9.17, 15) is 14.7 Å². The summed E-state index contributed by atoms with van der Waals surface area (Å²) in [5.41, 5.74) is 1.72. The molecule has 4 nitrogen and oxygen atoms in total. The first kappa shape index (κ1) is 12.2. The Hall–Kier alpha value is -1.84. The van der Waals surface area contributed by atoms with Crippen molar-refractivity contribution in [2.24, 2.45) is 11.3 Å². The molecular weight excluding hydrogens is 242 g/mol. The van der Waals surface area contributed by atoms with Gasteiger partial charge in [-0.1, -0.05) is 32.0 Å². The van der Waals surface area contributed by atoms with Crippen molar-refractivity contribution in [3.63, 3.8) is 0 Å². The normalized spacial score (nSPS) is 26.9. The number of anilines is 1. The number of carboxylic acids is 1. The van der Waals surface area contributed by atoms with Gasteiger partial charge in [0.25, 0.3) is 0 Å². The van der Waals surface area contributed by atoms with E-state index >= 15 is 0 Å². The molecule has 19 heavy (non-hydrogen) atoms. The maximum Gasteiger partial charge on any atom is 0.327 e. The van der Waals surface area contributed by atoms with Crippen LogP contribution in [0.25, 0.3) is 0 Å². The van der Waals surface area contributed by atoms with E-state index in [2.05, 4.69) is 0 Å². The van der Waals surface area contributed by atoms with E-state index < -0.39 is 12.0 Å². The zero-order valence-electron chi connectivity index (χ0n) is 11.1. The number of fused-ring (bicyclic) bond motifs is 1. The van der Waals surface area contributed by atoms with Crippen molar-refractivity contribution in [1.82, 2.24) is 0 Å². The standard InChI is InChI=1S/C15H17NO3/c1-15(2)8-10(15)13(17)16-11-6-4-3-5-9(11)7-12(16)14(18)19/h3-6,10,12H,7-8H2,1-2H3,(H,18,19)/t10?,12-/m0/s1. The molecule has 1 aliphatic heterocycles. The molecule has 3 rings (SSSR count). The Kier molecular flexibility index (Phi) is 2.46. The summed E-state index contributed by atoms with van der Waals surface area (Å²) in [5, 5.41) is 9.34. The second kappa shape index (κ2) is 3.83. The summed E-state index contributed by atoms with van der Waals surface area (Å²) in [6.45, 7) is 4.10. The third-order valence-corrected chi connectivity index (χ3v) is 4.31. The SMILES string of the molecule is CC1(C)CC1C(=O)N1c2ccccc2C[C@H]1C(=O)O. The average molecular weight is 259 g/mol. The van der Waals surface area contributed by atoms with Crippen LogP contribution in [0, 0.1) is 11.3 Å². The highest BCUT2D eigenvalue weighted by atomic mass is 16.4. The summed E-state index contributed by atoms with van der Waals surface area (Å²) in [6, 6.07) is 6.72. The summed E-state index contributed by atoms with van der Waals surface area (Å²) < 4.78 is 0. The summed E-state index contributed by atoms with van der Waals surface area (Å²) in [5.74, 6) is -1.01. The highest BCUT2D eigenvalue weighted by Crippen LogP contribution is 2.53. The van der Waals surface area contributed by atoms with Gasteiger partial charge in [0.2, 0.25) is 5.91 Å². The Balaban J connectivity index is 1.97. The van der Waals surface area contributed by atoms with Crippen LogP contribution in [0.2, 0.25) is 0 Å². The van der Waals surface area contributed by atoms with E-state index in [-0.39, 0.29) is 17.2 Å². The van der Waals surface area contributed by atoms with Gasteiger partial charge in [-0.3, -0.25) is 9.69 Å². The third-order valence-electron chi connectivity index (χ3n) is 4.31. The van der Waals surface area contributed by atoms with E-state index in [1.54, 1.807) is 0 Å². The first-order chi connectivity index (χ1) is 8.92. The van der Waals surface area contributed by atoms with E-state index in [0.717, 1.165) is 17.7 Å². The predicted molar refractivity (Wildman–Crippen MR) is 70.9 cm³/mol. The molecule has 1 aliphatic carbocycles. The van der Waals surface area contributed by atoms with Gasteiger partial charge >= 0.3 is 5.97 Å². The Morgan fingerprint density at radius 3 is 2.53 bits per heavy atom. The van der Waals surface area contributed by atoms with Crippen LogP contribution in [0.1, 0.15) is 25.8 Å². The van der Waals surface area contributed by atoms with Crippen molar-refractivity contribution >= 4 is 17.6 Å². The van der Waals surface area contributed by atoms with Crippen molar-refractivity contribution in [2.75, 3.05) is 4.90 Å². The molecule has 0 bridgehead atoms. The van der Waals surface area contributed by atoms with Crippen molar-refractivity contribution in [2.45, 2.75) is 32.7 Å². The molecule has 100 valence electrons. The van der Waals surface area contributed by atoms with Gasteiger partial charge in [-0.2, -0.15) is 0 Å². The van der Waals surface area contributed by atoms with Gasteiger partial charge in [-0.15, -0.1) is 0 Å². The molecule has 2 atom stereocenters. The summed E-state index contributed by atoms with van der Waals surface area (Å²) >= 11 is 0. The molecule has 2 aliphatic rings. The van der Waals surface area contributed by atoms with Crippen molar-refractivity contribution in [1.29, 1.82) is 0 Å². The number of nitrogens with zero attached hydrogens (tertiary/aromatic N) is 1. The third kappa shape index (κ3) is 1.82. The van der Waals surface area contributed by atoms with Gasteiger partial charge in [0.15, 0.2) is 0 Å². The second-order valence-corrected chi connectivity index (χ2v) is 6.14. The number of benzene rings is 1. The lowest BCUT2D eigenvalue weighted by Crippen LogP contribution is -2.44. The molecule has 1 fully saturated rings. The molecule has 1 amide bonds. The van der Waals surface area contributed by atoms with Crippen molar-refractivity contribution in [3.05, 3.63) is 29.8 Å². The highest BCUT2D eigenvalue weighted by Gasteiger charge is 2.54. The van der Waals surface area contributed by atoms with Gasteiger partial charge in [0.1, 0.15) is 6.04 Å².